The van der Waals surface area contributed by atoms with Gasteiger partial charge in [-0.25, -0.2) is 0 Å². The minimum absolute atomic E-state index is 1.18. The van der Waals surface area contributed by atoms with Crippen LogP contribution in [-0.4, -0.2) is 0 Å². The first-order valence-electron chi connectivity index (χ1n) is 0.921. The smallest absolute Gasteiger partial charge is 0.0905 e. The van der Waals surface area contributed by atoms with Crippen molar-refractivity contribution in [1.29, 1.82) is 5.26 Å². The van der Waals surface area contributed by atoms with Gasteiger partial charge < -0.3 is 0 Å². The summed E-state index contributed by atoms with van der Waals surface area (Å²) in [6.45, 7) is 3.12. The van der Waals surface area contributed by atoms with Crippen molar-refractivity contribution in [2.45, 2.75) is 0 Å². The van der Waals surface area contributed by atoms with Gasteiger partial charge in [-0.05, 0) is 0 Å². The van der Waals surface area contributed by atoms with Gasteiger partial charge in [-0.3, -0.25) is 0 Å². The van der Waals surface area contributed by atoms with Gasteiger partial charge in [0.2, 0.25) is 0 Å². The van der Waals surface area contributed by atoms with Gasteiger partial charge in [0.1, 0.15) is 0 Å². The molecule has 0 aromatic carbocycles. The number of nitrogens with zero attached hydrogens (tertiary/aromatic N) is 1. The van der Waals surface area contributed by atoms with Gasteiger partial charge in [-0.2, -0.15) is 5.26 Å². The molecule has 0 aliphatic rings. The molecule has 0 fully saturated rings. The summed E-state index contributed by atoms with van der Waals surface area (Å²) < 4.78 is 0. The Labute approximate surface area is 25.2 Å². The molecule has 4 heavy (non-hydrogen) atoms. The van der Waals surface area contributed by atoms with Crippen LogP contribution >= 0.6 is 0 Å². The van der Waals surface area contributed by atoms with Crippen molar-refractivity contribution in [3.8, 4) is 6.07 Å². The molecule has 20 valence electrons. The first-order chi connectivity index (χ1) is 1.91. The van der Waals surface area contributed by atoms with Crippen molar-refractivity contribution >= 4 is 0 Å². The van der Waals surface area contributed by atoms with Crippen LogP contribution in [-0.2, 0) is 0 Å². The fourth-order valence-corrected chi connectivity index (χ4v) is 0. The van der Waals surface area contributed by atoms with E-state index in [4.69, 9.17) is 5.26 Å². The molecule has 0 N–H and O–H groups in total. The molecule has 0 saturated carbocycles. The monoisotopic (exact) mass is 54.0 g/mol. The van der Waals surface area contributed by atoms with Crippen LogP contribution in [0.1, 0.15) is 0 Å². The number of allylic oxidation sites excluding steroid dienone is 1. The molecule has 0 bridgehead atoms. The molecule has 0 aromatic heterocycles. The SMILES string of the molecule is C=C[13C]#N. The first-order valence-corrected chi connectivity index (χ1v) is 0.921. The minimum atomic E-state index is 1.18. The van der Waals surface area contributed by atoms with Crippen LogP contribution in [0.5, 0.6) is 0 Å². The van der Waals surface area contributed by atoms with E-state index in [1.807, 2.05) is 0 Å². The van der Waals surface area contributed by atoms with E-state index in [1.165, 1.54) is 6.08 Å². The lowest BCUT2D eigenvalue weighted by Gasteiger charge is -1.31. The average Bonchev–Trinajstić information content (AvgIpc) is 1.37. The summed E-state index contributed by atoms with van der Waals surface area (Å²) in [5.74, 6) is 0. The Morgan fingerprint density at radius 2 is 2.25 bits per heavy atom. The molecule has 0 unspecified atom stereocenters. The maximum atomic E-state index is 7.51. The third-order valence-corrected chi connectivity index (χ3v) is 0.0913. The van der Waals surface area contributed by atoms with E-state index in [-0.39, 0.29) is 0 Å². The highest BCUT2D eigenvalue weighted by molar-refractivity contribution is 4.93. The van der Waals surface area contributed by atoms with Gasteiger partial charge >= 0.3 is 0 Å². The van der Waals surface area contributed by atoms with Gasteiger partial charge in [-0.15, -0.1) is 0 Å². The van der Waals surface area contributed by atoms with E-state index < -0.39 is 0 Å². The third-order valence-electron chi connectivity index (χ3n) is 0.0913. The third kappa shape index (κ3) is 1.23. The summed E-state index contributed by atoms with van der Waals surface area (Å²) >= 11 is 0. The molecule has 0 rings (SSSR count). The maximum absolute atomic E-state index is 7.51. The number of hydrogen-bond acceptors (Lipinski definition) is 1. The van der Waals surface area contributed by atoms with Crippen LogP contribution in [0.4, 0.5) is 0 Å². The van der Waals surface area contributed by atoms with E-state index in [0.29, 0.717) is 0 Å². The van der Waals surface area contributed by atoms with E-state index in [9.17, 15) is 0 Å². The topological polar surface area (TPSA) is 23.8 Å². The fraction of sp³-hybridized carbons (Fsp3) is 0. The van der Waals surface area contributed by atoms with E-state index in [1.54, 1.807) is 6.07 Å². The normalized spacial score (nSPS) is 3.75. The largest absolute Gasteiger partial charge is 0.193 e. The fourth-order valence-electron chi connectivity index (χ4n) is 0. The predicted molar refractivity (Wildman–Crippen MR) is 15.8 cm³/mol. The Bertz CT molecular complexity index is 48.8. The lowest BCUT2D eigenvalue weighted by atomic mass is 11.0. The Morgan fingerprint density at radius 1 is 2.00 bits per heavy atom. The summed E-state index contributed by atoms with van der Waals surface area (Å²) in [6.07, 6.45) is 1.18. The Kier molecular flexibility index (Phi) is 1.80. The molecule has 0 aromatic rings. The lowest BCUT2D eigenvalue weighted by Crippen LogP contribution is -1.23. The Morgan fingerprint density at radius 3 is 2.25 bits per heavy atom. The Balaban J connectivity index is 2.92. The van der Waals surface area contributed by atoms with Gasteiger partial charge in [0.25, 0.3) is 0 Å². The second-order valence-electron chi connectivity index (χ2n) is 0.333. The van der Waals surface area contributed by atoms with E-state index >= 15 is 0 Å². The second kappa shape index (κ2) is 2.23. The number of nitriles is 1. The van der Waals surface area contributed by atoms with E-state index in [0.717, 1.165) is 0 Å². The highest BCUT2D eigenvalue weighted by Crippen LogP contribution is 1.41. The van der Waals surface area contributed by atoms with Crippen LogP contribution in [0.2, 0.25) is 0 Å². The molecule has 0 radical (unpaired) electrons. The zero-order valence-electron chi connectivity index (χ0n) is 2.23. The molecular weight excluding hydrogens is 51.0 g/mol. The molecule has 0 aliphatic carbocycles. The van der Waals surface area contributed by atoms with Gasteiger partial charge in [-0.1, -0.05) is 6.58 Å². The molecule has 1 heteroatoms. The van der Waals surface area contributed by atoms with Crippen molar-refractivity contribution in [2.24, 2.45) is 0 Å². The van der Waals surface area contributed by atoms with Crippen LogP contribution in [0.25, 0.3) is 0 Å². The summed E-state index contributed by atoms with van der Waals surface area (Å²) in [6, 6.07) is 1.69. The zero-order chi connectivity index (χ0) is 3.41. The summed E-state index contributed by atoms with van der Waals surface area (Å²) in [5.41, 5.74) is 0. The average molecular weight is 54.1 g/mol. The predicted octanol–water partition coefficient (Wildman–Crippen LogP) is 0.696. The Hall–Kier alpha value is -0.770. The van der Waals surface area contributed by atoms with Gasteiger partial charge in [0, 0.05) is 6.08 Å². The molecule has 0 atom stereocenters. The van der Waals surface area contributed by atoms with Crippen molar-refractivity contribution in [2.75, 3.05) is 0 Å². The number of hydrogen-bond donors (Lipinski definition) is 0. The van der Waals surface area contributed by atoms with Crippen molar-refractivity contribution in [1.82, 2.24) is 0 Å². The highest BCUT2D eigenvalue weighted by atomic mass is 14.4. The minimum Gasteiger partial charge on any atom is -0.193 e. The molecular formula is C3H3N. The molecule has 0 amide bonds. The van der Waals surface area contributed by atoms with Crippen molar-refractivity contribution in [3.63, 3.8) is 0 Å². The van der Waals surface area contributed by atoms with Crippen LogP contribution in [0, 0.1) is 11.3 Å². The summed E-state index contributed by atoms with van der Waals surface area (Å²) in [5, 5.41) is 7.51. The first kappa shape index (κ1) is 3.23. The zero-order valence-corrected chi connectivity index (χ0v) is 2.23. The maximum Gasteiger partial charge on any atom is 0.0905 e. The van der Waals surface area contributed by atoms with Crippen LogP contribution in [0.3, 0.4) is 0 Å². The molecule has 1 nitrogen and oxygen atoms in total. The van der Waals surface area contributed by atoms with Crippen molar-refractivity contribution < 1.29 is 0 Å². The lowest BCUT2D eigenvalue weighted by molar-refractivity contribution is 1.54. The van der Waals surface area contributed by atoms with Crippen molar-refractivity contribution in [3.05, 3.63) is 12.7 Å². The summed E-state index contributed by atoms with van der Waals surface area (Å²) in [7, 11) is 0. The standard InChI is InChI=1S/C3H3N/c1-2-3-4/h2H,1H2/i3+1. The molecule has 0 aliphatic heterocycles. The number of rotatable bonds is 0. The van der Waals surface area contributed by atoms with Gasteiger partial charge in [0.15, 0.2) is 0 Å². The quantitative estimate of drug-likeness (QED) is 0.295. The van der Waals surface area contributed by atoms with Gasteiger partial charge in [0.05, 0.1) is 6.07 Å². The molecule has 0 spiro atoms. The highest BCUT2D eigenvalue weighted by Gasteiger charge is 1.34. The second-order valence-corrected chi connectivity index (χ2v) is 0.333. The van der Waals surface area contributed by atoms with Crippen LogP contribution in [0.15, 0.2) is 12.7 Å². The summed E-state index contributed by atoms with van der Waals surface area (Å²) in [4.78, 5) is 0. The molecule has 0 saturated heterocycles. The van der Waals surface area contributed by atoms with Crippen LogP contribution < -0.4 is 0 Å². The molecule has 0 heterocycles. The van der Waals surface area contributed by atoms with E-state index in [2.05, 4.69) is 6.58 Å².